The Morgan fingerprint density at radius 2 is 1.85 bits per heavy atom. The molecule has 0 unspecified atom stereocenters. The highest BCUT2D eigenvalue weighted by molar-refractivity contribution is 7.85. The van der Waals surface area contributed by atoms with Gasteiger partial charge in [0.2, 0.25) is 5.52 Å². The van der Waals surface area contributed by atoms with E-state index in [2.05, 4.69) is 60.2 Å². The van der Waals surface area contributed by atoms with Gasteiger partial charge in [0.25, 0.3) is 10.1 Å². The number of allylic oxidation sites excluding steroid dienone is 6. The van der Waals surface area contributed by atoms with Crippen LogP contribution in [0.1, 0.15) is 24.5 Å². The van der Waals surface area contributed by atoms with Crippen molar-refractivity contribution in [1.82, 2.24) is 0 Å². The van der Waals surface area contributed by atoms with E-state index in [0.29, 0.717) is 0 Å². The van der Waals surface area contributed by atoms with Crippen molar-refractivity contribution in [2.24, 2.45) is 7.05 Å². The predicted octanol–water partition coefficient (Wildman–Crippen LogP) is 5.28. The van der Waals surface area contributed by atoms with Gasteiger partial charge in [0, 0.05) is 29.6 Å². The van der Waals surface area contributed by atoms with Gasteiger partial charge in [-0.1, -0.05) is 61.6 Å². The molecule has 0 aliphatic carbocycles. The third kappa shape index (κ3) is 5.30. The van der Waals surface area contributed by atoms with Gasteiger partial charge in [0.1, 0.15) is 12.9 Å². The average molecular weight is 460 g/mol. The maximum absolute atomic E-state index is 11.4. The van der Waals surface area contributed by atoms with E-state index in [4.69, 9.17) is 0 Å². The molecule has 1 aliphatic rings. The summed E-state index contributed by atoms with van der Waals surface area (Å²) in [4.78, 5) is 1.53. The molecule has 0 saturated carbocycles. The van der Waals surface area contributed by atoms with Crippen LogP contribution in [0.15, 0.2) is 96.9 Å². The molecule has 0 amide bonds. The number of benzene rings is 2. The molecule has 0 saturated heterocycles. The van der Waals surface area contributed by atoms with E-state index in [0.717, 1.165) is 23.2 Å². The summed E-state index contributed by atoms with van der Waals surface area (Å²) in [5, 5.41) is 1.20. The first kappa shape index (κ1) is 22.7. The molecule has 1 aliphatic heterocycles. The number of pyridine rings is 1. The summed E-state index contributed by atoms with van der Waals surface area (Å²) in [6, 6.07) is 18.0. The number of hydrogen-bond acceptors (Lipinski definition) is 3. The van der Waals surface area contributed by atoms with Crippen LogP contribution in [0.3, 0.4) is 0 Å². The second-order valence-corrected chi connectivity index (χ2v) is 9.39. The molecule has 2 aromatic carbocycles. The number of rotatable bonds is 6. The molecule has 3 aromatic rings. The summed E-state index contributed by atoms with van der Waals surface area (Å²) in [5.74, 6) is -0.477. The molecule has 5 nitrogen and oxygen atoms in total. The molecule has 0 bridgehead atoms. The first-order valence-electron chi connectivity index (χ1n) is 10.8. The lowest BCUT2D eigenvalue weighted by atomic mass is 9.99. The van der Waals surface area contributed by atoms with E-state index in [9.17, 15) is 13.0 Å². The molecular weight excluding hydrogens is 432 g/mol. The zero-order chi connectivity index (χ0) is 23.4. The van der Waals surface area contributed by atoms with Crippen LogP contribution in [0.2, 0.25) is 0 Å². The Hall–Kier alpha value is -3.48. The van der Waals surface area contributed by atoms with Crippen LogP contribution in [-0.4, -0.2) is 18.8 Å². The van der Waals surface area contributed by atoms with Crippen LogP contribution in [0, 0.1) is 0 Å². The average Bonchev–Trinajstić information content (AvgIpc) is 2.81. The second kappa shape index (κ2) is 9.57. The maximum Gasteiger partial charge on any atom is 0.283 e. The van der Waals surface area contributed by atoms with Gasteiger partial charge in [0.05, 0.1) is 5.39 Å². The van der Waals surface area contributed by atoms with Crippen molar-refractivity contribution in [3.63, 3.8) is 0 Å². The van der Waals surface area contributed by atoms with Crippen LogP contribution < -0.4 is 9.47 Å². The van der Waals surface area contributed by atoms with E-state index in [1.807, 2.05) is 49.5 Å². The molecule has 0 spiro atoms. The van der Waals surface area contributed by atoms with Crippen molar-refractivity contribution in [2.45, 2.75) is 13.3 Å². The minimum atomic E-state index is -4.13. The molecular formula is C27H27N2O3S+. The number of anilines is 1. The minimum absolute atomic E-state index is 0.477. The van der Waals surface area contributed by atoms with Crippen molar-refractivity contribution in [3.05, 3.63) is 108 Å². The molecule has 0 radical (unpaired) electrons. The quantitative estimate of drug-likeness (QED) is 0.310. The largest absolute Gasteiger partial charge is 0.330 e. The Morgan fingerprint density at radius 1 is 1.09 bits per heavy atom. The Morgan fingerprint density at radius 3 is 2.64 bits per heavy atom. The number of hydrogen-bond donors (Lipinski definition) is 1. The number of para-hydroxylation sites is 2. The van der Waals surface area contributed by atoms with Gasteiger partial charge in [0.15, 0.2) is 6.20 Å². The van der Waals surface area contributed by atoms with Crippen LogP contribution in [-0.2, 0) is 17.2 Å². The monoisotopic (exact) mass is 459 g/mol. The fourth-order valence-corrected chi connectivity index (χ4v) is 4.54. The van der Waals surface area contributed by atoms with E-state index in [1.165, 1.54) is 26.9 Å². The molecule has 6 heteroatoms. The van der Waals surface area contributed by atoms with Crippen molar-refractivity contribution in [3.8, 4) is 0 Å². The molecule has 33 heavy (non-hydrogen) atoms. The van der Waals surface area contributed by atoms with Crippen molar-refractivity contribution in [2.75, 3.05) is 10.8 Å². The minimum Gasteiger partial charge on any atom is -0.330 e. The maximum atomic E-state index is 11.4. The topological polar surface area (TPSA) is 61.5 Å². The number of fused-ring (bicyclic) bond motifs is 2. The summed E-state index contributed by atoms with van der Waals surface area (Å²) in [6.45, 7) is 2.12. The second-order valence-electron chi connectivity index (χ2n) is 7.96. The van der Waals surface area contributed by atoms with Gasteiger partial charge in [-0.25, -0.2) is 4.57 Å². The van der Waals surface area contributed by atoms with E-state index in [1.54, 1.807) is 6.20 Å². The molecule has 1 aromatic heterocycles. The number of aryl methyl sites for hydroxylation is 1. The van der Waals surface area contributed by atoms with Gasteiger partial charge in [-0.15, -0.1) is 0 Å². The van der Waals surface area contributed by atoms with Gasteiger partial charge >= 0.3 is 0 Å². The van der Waals surface area contributed by atoms with Crippen LogP contribution in [0.25, 0.3) is 22.6 Å². The van der Waals surface area contributed by atoms with Gasteiger partial charge in [-0.05, 0) is 41.3 Å². The zero-order valence-electron chi connectivity index (χ0n) is 18.7. The van der Waals surface area contributed by atoms with E-state index >= 15 is 0 Å². The molecule has 0 atom stereocenters. The van der Waals surface area contributed by atoms with Gasteiger partial charge < -0.3 is 4.90 Å². The molecule has 4 rings (SSSR count). The van der Waals surface area contributed by atoms with Gasteiger partial charge in [-0.2, -0.15) is 8.42 Å². The zero-order valence-corrected chi connectivity index (χ0v) is 19.5. The third-order valence-corrected chi connectivity index (χ3v) is 6.30. The Labute approximate surface area is 195 Å². The van der Waals surface area contributed by atoms with Crippen LogP contribution in [0.4, 0.5) is 5.69 Å². The summed E-state index contributed by atoms with van der Waals surface area (Å²) < 4.78 is 34.1. The number of aromatic nitrogens is 1. The Balaban J connectivity index is 1.64. The van der Waals surface area contributed by atoms with E-state index < -0.39 is 16.0 Å². The van der Waals surface area contributed by atoms with Crippen LogP contribution in [0.5, 0.6) is 0 Å². The normalized spacial score (nSPS) is 15.5. The highest BCUT2D eigenvalue weighted by atomic mass is 32.2. The Bertz CT molecular complexity index is 1420. The lowest BCUT2D eigenvalue weighted by molar-refractivity contribution is -0.644. The first-order valence-corrected chi connectivity index (χ1v) is 12.4. The van der Waals surface area contributed by atoms with Gasteiger partial charge in [-0.3, -0.25) is 4.55 Å². The van der Waals surface area contributed by atoms with Crippen molar-refractivity contribution >= 4 is 38.4 Å². The summed E-state index contributed by atoms with van der Waals surface area (Å²) in [5.41, 5.74) is 6.16. The SMILES string of the molecule is CCC(C=Cc1cc[n+](C)c2ccccc12)=CC=C1C=CN(CS(=O)(=O)O)c2ccccc21. The fourth-order valence-electron chi connectivity index (χ4n) is 3.96. The standard InChI is InChI=1S/C27H26N2O3S/c1-3-21(12-14-22-16-18-28(2)26-10-6-4-8-24(22)26)13-15-23-17-19-29(20-33(30,31)32)27-11-7-5-9-25(23)27/h4-19H,3,20H2,1-2H3/p+1. The van der Waals surface area contributed by atoms with Crippen molar-refractivity contribution < 1.29 is 17.5 Å². The lowest BCUT2D eigenvalue weighted by Crippen LogP contribution is -2.28. The first-order chi connectivity index (χ1) is 15.9. The highest BCUT2D eigenvalue weighted by Gasteiger charge is 2.19. The fraction of sp³-hybridized carbons (Fsp3) is 0.148. The van der Waals surface area contributed by atoms with E-state index in [-0.39, 0.29) is 0 Å². The highest BCUT2D eigenvalue weighted by Crippen LogP contribution is 2.33. The van der Waals surface area contributed by atoms with Crippen molar-refractivity contribution in [1.29, 1.82) is 0 Å². The lowest BCUT2D eigenvalue weighted by Gasteiger charge is -2.26. The predicted molar refractivity (Wildman–Crippen MR) is 135 cm³/mol. The summed E-state index contributed by atoms with van der Waals surface area (Å²) >= 11 is 0. The molecule has 0 fully saturated rings. The Kier molecular flexibility index (Phi) is 6.58. The number of nitrogens with zero attached hydrogens (tertiary/aromatic N) is 2. The molecule has 1 N–H and O–H groups in total. The summed E-state index contributed by atoms with van der Waals surface area (Å²) in [7, 11) is -2.09. The van der Waals surface area contributed by atoms with Crippen LogP contribution >= 0.6 is 0 Å². The molecule has 168 valence electrons. The third-order valence-electron chi connectivity index (χ3n) is 5.70. The smallest absolute Gasteiger partial charge is 0.283 e. The molecule has 2 heterocycles. The summed E-state index contributed by atoms with van der Waals surface area (Å²) in [6.07, 6.45) is 14.9.